The van der Waals surface area contributed by atoms with E-state index >= 15 is 0 Å². The molecule has 5 nitrogen and oxygen atoms in total. The topological polar surface area (TPSA) is 62.3 Å². The van der Waals surface area contributed by atoms with Gasteiger partial charge in [0.15, 0.2) is 11.5 Å². The second kappa shape index (κ2) is 7.85. The van der Waals surface area contributed by atoms with Crippen molar-refractivity contribution in [1.29, 1.82) is 0 Å². The molecular weight excluding hydrogens is 314 g/mol. The molecule has 0 amide bonds. The molecule has 0 atom stereocenters. The number of hydrogen-bond acceptors (Lipinski definition) is 4. The molecule has 1 aromatic heterocycles. The van der Waals surface area contributed by atoms with E-state index in [1.807, 2.05) is 30.6 Å². The number of imidazole rings is 1. The largest absolute Gasteiger partial charge is 0.493 e. The molecule has 0 saturated heterocycles. The van der Waals surface area contributed by atoms with E-state index < -0.39 is 0 Å². The number of hydrogen-bond donors (Lipinski definition) is 1. The van der Waals surface area contributed by atoms with Gasteiger partial charge in [-0.05, 0) is 28.8 Å². The maximum Gasteiger partial charge on any atom is 0.161 e. The Balaban J connectivity index is 1.77. The average molecular weight is 337 g/mol. The fourth-order valence-corrected chi connectivity index (χ4v) is 2.80. The zero-order valence-electron chi connectivity index (χ0n) is 14.6. The van der Waals surface area contributed by atoms with Crippen molar-refractivity contribution in [2.75, 3.05) is 14.2 Å². The van der Waals surface area contributed by atoms with Gasteiger partial charge in [-0.15, -0.1) is 0 Å². The lowest BCUT2D eigenvalue weighted by Crippen LogP contribution is -2.06. The predicted molar refractivity (Wildman–Crippen MR) is 98.0 cm³/mol. The predicted octanol–water partition coefficient (Wildman–Crippen LogP) is 3.00. The summed E-state index contributed by atoms with van der Waals surface area (Å²) in [7, 11) is 3.29. The third-order valence-corrected chi connectivity index (χ3v) is 4.22. The molecule has 2 N–H and O–H groups in total. The van der Waals surface area contributed by atoms with Gasteiger partial charge >= 0.3 is 0 Å². The standard InChI is InChI=1S/C20H23N3O2/c1-24-18-8-7-17(11-19(18)25-2)12-20-22-9-10-23(20)14-16-5-3-15(13-21)4-6-16/h3-11H,12-14,21H2,1-2H3. The van der Waals surface area contributed by atoms with Gasteiger partial charge in [-0.25, -0.2) is 4.98 Å². The van der Waals surface area contributed by atoms with Crippen LogP contribution >= 0.6 is 0 Å². The van der Waals surface area contributed by atoms with Gasteiger partial charge in [0, 0.05) is 31.9 Å². The highest BCUT2D eigenvalue weighted by atomic mass is 16.5. The first-order chi connectivity index (χ1) is 12.2. The number of rotatable bonds is 7. The summed E-state index contributed by atoms with van der Waals surface area (Å²) in [6.07, 6.45) is 4.57. The minimum absolute atomic E-state index is 0.565. The highest BCUT2D eigenvalue weighted by Crippen LogP contribution is 2.28. The molecule has 0 spiro atoms. The number of nitrogens with zero attached hydrogens (tertiary/aromatic N) is 2. The minimum atomic E-state index is 0.565. The van der Waals surface area contributed by atoms with Gasteiger partial charge in [-0.1, -0.05) is 30.3 Å². The summed E-state index contributed by atoms with van der Waals surface area (Å²) in [5.74, 6) is 2.47. The molecule has 3 aromatic rings. The Bertz CT molecular complexity index is 825. The van der Waals surface area contributed by atoms with Crippen molar-refractivity contribution < 1.29 is 9.47 Å². The van der Waals surface area contributed by atoms with E-state index in [2.05, 4.69) is 33.8 Å². The summed E-state index contributed by atoms with van der Waals surface area (Å²) in [5.41, 5.74) is 9.15. The van der Waals surface area contributed by atoms with Crippen molar-refractivity contribution in [1.82, 2.24) is 9.55 Å². The van der Waals surface area contributed by atoms with Crippen LogP contribution in [0.25, 0.3) is 0 Å². The van der Waals surface area contributed by atoms with Crippen LogP contribution in [0.3, 0.4) is 0 Å². The smallest absolute Gasteiger partial charge is 0.161 e. The van der Waals surface area contributed by atoms with Crippen molar-refractivity contribution in [2.45, 2.75) is 19.5 Å². The summed E-state index contributed by atoms with van der Waals surface area (Å²) in [6, 6.07) is 14.3. The molecule has 5 heteroatoms. The quantitative estimate of drug-likeness (QED) is 0.720. The Morgan fingerprint density at radius 3 is 2.28 bits per heavy atom. The van der Waals surface area contributed by atoms with E-state index in [1.54, 1.807) is 14.2 Å². The number of aromatic nitrogens is 2. The molecule has 25 heavy (non-hydrogen) atoms. The van der Waals surface area contributed by atoms with Gasteiger partial charge in [-0.3, -0.25) is 0 Å². The molecule has 2 aromatic carbocycles. The normalized spacial score (nSPS) is 10.7. The Labute approximate surface area is 148 Å². The van der Waals surface area contributed by atoms with E-state index in [0.717, 1.165) is 41.4 Å². The molecule has 0 fully saturated rings. The second-order valence-electron chi connectivity index (χ2n) is 5.86. The number of nitrogens with two attached hydrogens (primary N) is 1. The lowest BCUT2D eigenvalue weighted by Gasteiger charge is -2.11. The van der Waals surface area contributed by atoms with Crippen LogP contribution in [0.4, 0.5) is 0 Å². The third-order valence-electron chi connectivity index (χ3n) is 4.22. The summed E-state index contributed by atoms with van der Waals surface area (Å²) in [4.78, 5) is 4.51. The van der Waals surface area contributed by atoms with Crippen LogP contribution in [0.1, 0.15) is 22.5 Å². The van der Waals surface area contributed by atoms with Crippen LogP contribution < -0.4 is 15.2 Å². The molecule has 0 radical (unpaired) electrons. The Morgan fingerprint density at radius 2 is 1.60 bits per heavy atom. The number of ether oxygens (including phenoxy) is 2. The van der Waals surface area contributed by atoms with E-state index in [0.29, 0.717) is 6.54 Å². The highest BCUT2D eigenvalue weighted by Gasteiger charge is 2.09. The molecule has 130 valence electrons. The van der Waals surface area contributed by atoms with Gasteiger partial charge in [-0.2, -0.15) is 0 Å². The molecule has 3 rings (SSSR count). The van der Waals surface area contributed by atoms with Crippen molar-refractivity contribution in [3.63, 3.8) is 0 Å². The van der Waals surface area contributed by atoms with Crippen LogP contribution in [0.5, 0.6) is 11.5 Å². The van der Waals surface area contributed by atoms with Gasteiger partial charge in [0.2, 0.25) is 0 Å². The van der Waals surface area contributed by atoms with Crippen LogP contribution in [0.2, 0.25) is 0 Å². The average Bonchev–Trinajstić information content (AvgIpc) is 3.08. The van der Waals surface area contributed by atoms with Crippen LogP contribution in [-0.4, -0.2) is 23.8 Å². The number of methoxy groups -OCH3 is 2. The van der Waals surface area contributed by atoms with Gasteiger partial charge in [0.05, 0.1) is 14.2 Å². The molecule has 0 aliphatic rings. The van der Waals surface area contributed by atoms with Crippen LogP contribution in [-0.2, 0) is 19.5 Å². The molecule has 0 aliphatic heterocycles. The second-order valence-corrected chi connectivity index (χ2v) is 5.86. The molecule has 0 unspecified atom stereocenters. The van der Waals surface area contributed by atoms with Gasteiger partial charge in [0.25, 0.3) is 0 Å². The summed E-state index contributed by atoms with van der Waals surface area (Å²) < 4.78 is 12.8. The molecule has 0 bridgehead atoms. The van der Waals surface area contributed by atoms with Crippen LogP contribution in [0, 0.1) is 0 Å². The van der Waals surface area contributed by atoms with E-state index in [9.17, 15) is 0 Å². The molecule has 1 heterocycles. The lowest BCUT2D eigenvalue weighted by atomic mass is 10.1. The van der Waals surface area contributed by atoms with E-state index in [4.69, 9.17) is 15.2 Å². The zero-order chi connectivity index (χ0) is 17.6. The monoisotopic (exact) mass is 337 g/mol. The van der Waals surface area contributed by atoms with E-state index in [1.165, 1.54) is 5.56 Å². The van der Waals surface area contributed by atoms with Crippen molar-refractivity contribution in [3.05, 3.63) is 77.4 Å². The molecule has 0 saturated carbocycles. The van der Waals surface area contributed by atoms with Crippen molar-refractivity contribution in [2.24, 2.45) is 5.73 Å². The summed E-state index contributed by atoms with van der Waals surface area (Å²) >= 11 is 0. The zero-order valence-corrected chi connectivity index (χ0v) is 14.6. The number of benzene rings is 2. The maximum atomic E-state index is 5.66. The van der Waals surface area contributed by atoms with Crippen molar-refractivity contribution in [3.8, 4) is 11.5 Å². The fourth-order valence-electron chi connectivity index (χ4n) is 2.80. The Morgan fingerprint density at radius 1 is 0.920 bits per heavy atom. The molecular formula is C20H23N3O2. The van der Waals surface area contributed by atoms with E-state index in [-0.39, 0.29) is 0 Å². The lowest BCUT2D eigenvalue weighted by molar-refractivity contribution is 0.354. The maximum absolute atomic E-state index is 5.66. The summed E-state index contributed by atoms with van der Waals surface area (Å²) in [5, 5.41) is 0. The first kappa shape index (κ1) is 17.0. The molecule has 0 aliphatic carbocycles. The highest BCUT2D eigenvalue weighted by molar-refractivity contribution is 5.43. The first-order valence-electron chi connectivity index (χ1n) is 8.22. The third kappa shape index (κ3) is 4.00. The Kier molecular flexibility index (Phi) is 5.36. The van der Waals surface area contributed by atoms with Gasteiger partial charge in [0.1, 0.15) is 5.82 Å². The van der Waals surface area contributed by atoms with Crippen molar-refractivity contribution >= 4 is 0 Å². The SMILES string of the molecule is COc1ccc(Cc2nccn2Cc2ccc(CN)cc2)cc1OC. The minimum Gasteiger partial charge on any atom is -0.493 e. The first-order valence-corrected chi connectivity index (χ1v) is 8.22. The van der Waals surface area contributed by atoms with Gasteiger partial charge < -0.3 is 19.8 Å². The fraction of sp³-hybridized carbons (Fsp3) is 0.250. The Hall–Kier alpha value is -2.79. The van der Waals surface area contributed by atoms with Crippen LogP contribution in [0.15, 0.2) is 54.9 Å². The summed E-state index contributed by atoms with van der Waals surface area (Å²) in [6.45, 7) is 1.35.